The summed E-state index contributed by atoms with van der Waals surface area (Å²) in [6, 6.07) is 15.1. The molecule has 2 N–H and O–H groups in total. The highest BCUT2D eigenvalue weighted by atomic mass is 35.5. The monoisotopic (exact) mass is 358 g/mol. The molecule has 0 aromatic heterocycles. The van der Waals surface area contributed by atoms with Crippen LogP contribution in [0.4, 0.5) is 0 Å². The van der Waals surface area contributed by atoms with Gasteiger partial charge in [-0.05, 0) is 40.5 Å². The van der Waals surface area contributed by atoms with E-state index in [0.717, 1.165) is 25.9 Å². The third-order valence-electron chi connectivity index (χ3n) is 5.95. The lowest BCUT2D eigenvalue weighted by Gasteiger charge is -2.42. The number of nitrogens with two attached hydrogens (primary N) is 1. The van der Waals surface area contributed by atoms with Crippen LogP contribution in [0.25, 0.3) is 10.8 Å². The normalized spacial score (nSPS) is 27.6. The predicted octanol–water partition coefficient (Wildman–Crippen LogP) is 3.95. The van der Waals surface area contributed by atoms with Crippen molar-refractivity contribution in [3.05, 3.63) is 48.0 Å². The zero-order chi connectivity index (χ0) is 16.9. The van der Waals surface area contributed by atoms with Crippen molar-refractivity contribution < 1.29 is 4.79 Å². The fraction of sp³-hybridized carbons (Fsp3) is 0.476. The molecule has 1 saturated carbocycles. The van der Waals surface area contributed by atoms with E-state index in [1.807, 2.05) is 0 Å². The van der Waals surface area contributed by atoms with E-state index in [9.17, 15) is 4.79 Å². The summed E-state index contributed by atoms with van der Waals surface area (Å²) in [6.45, 7) is 5.94. The van der Waals surface area contributed by atoms with Crippen LogP contribution < -0.4 is 5.73 Å². The predicted molar refractivity (Wildman–Crippen MR) is 105 cm³/mol. The van der Waals surface area contributed by atoms with Crippen LogP contribution in [0.3, 0.4) is 0 Å². The molecule has 3 nitrogen and oxygen atoms in total. The van der Waals surface area contributed by atoms with Gasteiger partial charge in [0.25, 0.3) is 0 Å². The minimum atomic E-state index is 0. The molecule has 2 aliphatic rings. The summed E-state index contributed by atoms with van der Waals surface area (Å²) in [5.74, 6) is 0.858. The average Bonchev–Trinajstić information content (AvgIpc) is 3.36. The van der Waals surface area contributed by atoms with Gasteiger partial charge in [0, 0.05) is 25.0 Å². The summed E-state index contributed by atoms with van der Waals surface area (Å²) in [6.07, 6.45) is 1.89. The fourth-order valence-corrected chi connectivity index (χ4v) is 4.18. The van der Waals surface area contributed by atoms with Gasteiger partial charge in [-0.15, -0.1) is 12.4 Å². The van der Waals surface area contributed by atoms with E-state index in [0.29, 0.717) is 11.8 Å². The van der Waals surface area contributed by atoms with E-state index in [4.69, 9.17) is 5.73 Å². The maximum Gasteiger partial charge on any atom is 0.226 e. The van der Waals surface area contributed by atoms with Crippen molar-refractivity contribution >= 4 is 29.1 Å². The number of likely N-dealkylation sites (tertiary alicyclic amines) is 1. The van der Waals surface area contributed by atoms with E-state index in [2.05, 4.69) is 61.2 Å². The molecule has 0 radical (unpaired) electrons. The van der Waals surface area contributed by atoms with Crippen LogP contribution in [0.1, 0.15) is 38.2 Å². The molecule has 1 heterocycles. The number of amides is 1. The Morgan fingerprint density at radius 1 is 1.16 bits per heavy atom. The summed E-state index contributed by atoms with van der Waals surface area (Å²) in [5.41, 5.74) is 7.55. The van der Waals surface area contributed by atoms with Crippen LogP contribution in [0.2, 0.25) is 0 Å². The highest BCUT2D eigenvalue weighted by molar-refractivity contribution is 5.89. The molecule has 4 rings (SSSR count). The number of nitrogens with zero attached hydrogens (tertiary/aromatic N) is 1. The molecule has 2 aromatic carbocycles. The lowest BCUT2D eigenvalue weighted by atomic mass is 9.79. The van der Waals surface area contributed by atoms with Crippen molar-refractivity contribution in [3.63, 3.8) is 0 Å². The van der Waals surface area contributed by atoms with Crippen LogP contribution in [-0.4, -0.2) is 29.9 Å². The van der Waals surface area contributed by atoms with Crippen molar-refractivity contribution in [2.24, 2.45) is 17.1 Å². The van der Waals surface area contributed by atoms with Gasteiger partial charge < -0.3 is 10.6 Å². The van der Waals surface area contributed by atoms with Gasteiger partial charge in [-0.1, -0.05) is 56.3 Å². The lowest BCUT2D eigenvalue weighted by Crippen LogP contribution is -2.54. The summed E-state index contributed by atoms with van der Waals surface area (Å²) in [5, 5.41) is 2.56. The smallest absolute Gasteiger partial charge is 0.226 e. The minimum Gasteiger partial charge on any atom is -0.342 e. The Balaban J connectivity index is 0.00000182. The summed E-state index contributed by atoms with van der Waals surface area (Å²) in [4.78, 5) is 15.0. The van der Waals surface area contributed by atoms with E-state index < -0.39 is 0 Å². The average molecular weight is 359 g/mol. The maximum atomic E-state index is 13.0. The molecule has 2 aromatic rings. The highest BCUT2D eigenvalue weighted by Gasteiger charge is 2.48. The molecule has 25 heavy (non-hydrogen) atoms. The van der Waals surface area contributed by atoms with Gasteiger partial charge in [-0.2, -0.15) is 0 Å². The number of halogens is 1. The van der Waals surface area contributed by atoms with Crippen molar-refractivity contribution in [3.8, 4) is 0 Å². The van der Waals surface area contributed by atoms with Crippen LogP contribution >= 0.6 is 12.4 Å². The van der Waals surface area contributed by atoms with Crippen LogP contribution in [0.5, 0.6) is 0 Å². The standard InChI is InChI=1S/C21H26N2O.ClH/c1-21(2)13-23(11-10-19(21)22)20(24)18-12-17(18)16-9-5-7-14-6-3-4-8-15(14)16;/h3-9,17-19H,10-13,22H2,1-2H3;1H. The lowest BCUT2D eigenvalue weighted by molar-refractivity contribution is -0.136. The molecule has 1 saturated heterocycles. The quantitative estimate of drug-likeness (QED) is 0.883. The topological polar surface area (TPSA) is 46.3 Å². The van der Waals surface area contributed by atoms with Crippen LogP contribution in [0, 0.1) is 11.3 Å². The number of hydrogen-bond acceptors (Lipinski definition) is 2. The van der Waals surface area contributed by atoms with Gasteiger partial charge in [0.15, 0.2) is 0 Å². The summed E-state index contributed by atoms with van der Waals surface area (Å²) < 4.78 is 0. The molecule has 4 heteroatoms. The molecule has 3 atom stereocenters. The Hall–Kier alpha value is -1.58. The first-order chi connectivity index (χ1) is 11.5. The Kier molecular flexibility index (Phi) is 4.82. The van der Waals surface area contributed by atoms with E-state index in [1.165, 1.54) is 16.3 Å². The van der Waals surface area contributed by atoms with Crippen molar-refractivity contribution in [2.45, 2.75) is 38.6 Å². The molecule has 1 aliphatic heterocycles. The maximum absolute atomic E-state index is 13.0. The van der Waals surface area contributed by atoms with Gasteiger partial charge in [0.05, 0.1) is 0 Å². The van der Waals surface area contributed by atoms with Gasteiger partial charge in [-0.25, -0.2) is 0 Å². The second-order valence-corrected chi connectivity index (χ2v) is 8.16. The van der Waals surface area contributed by atoms with Gasteiger partial charge in [0.1, 0.15) is 0 Å². The van der Waals surface area contributed by atoms with Crippen LogP contribution in [0.15, 0.2) is 42.5 Å². The molecule has 0 bridgehead atoms. The number of benzene rings is 2. The summed E-state index contributed by atoms with van der Waals surface area (Å²) >= 11 is 0. The number of piperidine rings is 1. The Morgan fingerprint density at radius 3 is 2.64 bits per heavy atom. The third kappa shape index (κ3) is 3.28. The zero-order valence-electron chi connectivity index (χ0n) is 14.9. The number of rotatable bonds is 2. The number of carbonyl (C=O) groups is 1. The number of fused-ring (bicyclic) bond motifs is 1. The Labute approximate surface area is 156 Å². The molecule has 1 aliphatic carbocycles. The van der Waals surface area contributed by atoms with Crippen molar-refractivity contribution in [1.82, 2.24) is 4.90 Å². The number of hydrogen-bond donors (Lipinski definition) is 1. The zero-order valence-corrected chi connectivity index (χ0v) is 15.8. The van der Waals surface area contributed by atoms with Crippen molar-refractivity contribution in [2.75, 3.05) is 13.1 Å². The van der Waals surface area contributed by atoms with Gasteiger partial charge >= 0.3 is 0 Å². The summed E-state index contributed by atoms with van der Waals surface area (Å²) in [7, 11) is 0. The SMILES string of the molecule is CC1(C)CN(C(=O)C2CC2c2cccc3ccccc23)CCC1N.Cl. The molecule has 2 fully saturated rings. The molecular weight excluding hydrogens is 332 g/mol. The van der Waals surface area contributed by atoms with E-state index in [1.54, 1.807) is 0 Å². The first-order valence-electron chi connectivity index (χ1n) is 8.99. The van der Waals surface area contributed by atoms with E-state index in [-0.39, 0.29) is 29.8 Å². The minimum absolute atomic E-state index is 0. The van der Waals surface area contributed by atoms with E-state index >= 15 is 0 Å². The highest BCUT2D eigenvalue weighted by Crippen LogP contribution is 2.50. The fourth-order valence-electron chi connectivity index (χ4n) is 4.18. The third-order valence-corrected chi connectivity index (χ3v) is 5.95. The molecule has 3 unspecified atom stereocenters. The van der Waals surface area contributed by atoms with Crippen LogP contribution in [-0.2, 0) is 4.79 Å². The Morgan fingerprint density at radius 2 is 1.88 bits per heavy atom. The van der Waals surface area contributed by atoms with Gasteiger partial charge in [-0.3, -0.25) is 4.79 Å². The second kappa shape index (κ2) is 6.62. The first-order valence-corrected chi connectivity index (χ1v) is 8.99. The molecule has 1 amide bonds. The van der Waals surface area contributed by atoms with Gasteiger partial charge in [0.2, 0.25) is 5.91 Å². The largest absolute Gasteiger partial charge is 0.342 e. The molecule has 134 valence electrons. The first kappa shape index (κ1) is 18.2. The molecular formula is C21H27ClN2O. The number of carbonyl (C=O) groups excluding carboxylic acids is 1. The molecule has 0 spiro atoms. The second-order valence-electron chi connectivity index (χ2n) is 8.16. The Bertz CT molecular complexity index is 783. The van der Waals surface area contributed by atoms with Crippen molar-refractivity contribution in [1.29, 1.82) is 0 Å².